The second-order valence-electron chi connectivity index (χ2n) is 3.92. The molecule has 92 valence electrons. The van der Waals surface area contributed by atoms with Gasteiger partial charge in [0.1, 0.15) is 5.82 Å². The number of benzene rings is 1. The molecule has 1 heterocycles. The Morgan fingerprint density at radius 1 is 1.47 bits per heavy atom. The first-order valence-electron chi connectivity index (χ1n) is 5.72. The van der Waals surface area contributed by atoms with Gasteiger partial charge in [-0.1, -0.05) is 15.9 Å². The Morgan fingerprint density at radius 3 is 3.12 bits per heavy atom. The van der Waals surface area contributed by atoms with Gasteiger partial charge >= 0.3 is 0 Å². The van der Waals surface area contributed by atoms with Crippen LogP contribution in [0.3, 0.4) is 0 Å². The Bertz CT molecular complexity index is 420. The van der Waals surface area contributed by atoms with Crippen LogP contribution in [0.2, 0.25) is 0 Å². The molecule has 2 N–H and O–H groups in total. The summed E-state index contributed by atoms with van der Waals surface area (Å²) in [5, 5.41) is 6.34. The third-order valence-electron chi connectivity index (χ3n) is 2.59. The van der Waals surface area contributed by atoms with Crippen molar-refractivity contribution >= 4 is 21.9 Å². The van der Waals surface area contributed by atoms with Crippen LogP contribution in [0.5, 0.6) is 0 Å². The zero-order chi connectivity index (χ0) is 12.1. The lowest BCUT2D eigenvalue weighted by Crippen LogP contribution is -2.41. The van der Waals surface area contributed by atoms with Gasteiger partial charge in [-0.3, -0.25) is 4.99 Å². The van der Waals surface area contributed by atoms with E-state index in [0.29, 0.717) is 18.5 Å². The number of hydrogen-bond donors (Lipinski definition) is 2. The van der Waals surface area contributed by atoms with Crippen LogP contribution in [0.15, 0.2) is 27.7 Å². The molecule has 2 rings (SSSR count). The van der Waals surface area contributed by atoms with Gasteiger partial charge < -0.3 is 10.6 Å². The first kappa shape index (κ1) is 12.4. The lowest BCUT2D eigenvalue weighted by molar-refractivity contribution is 0.605. The quantitative estimate of drug-likeness (QED) is 0.896. The maximum absolute atomic E-state index is 13.4. The highest BCUT2D eigenvalue weighted by Crippen LogP contribution is 2.15. The molecule has 0 bridgehead atoms. The van der Waals surface area contributed by atoms with Crippen molar-refractivity contribution in [1.29, 1.82) is 0 Å². The Kier molecular flexibility index (Phi) is 4.36. The van der Waals surface area contributed by atoms with E-state index in [-0.39, 0.29) is 5.82 Å². The van der Waals surface area contributed by atoms with Gasteiger partial charge in [0.25, 0.3) is 0 Å². The minimum atomic E-state index is -0.159. The summed E-state index contributed by atoms with van der Waals surface area (Å²) in [4.78, 5) is 4.29. The van der Waals surface area contributed by atoms with Crippen LogP contribution >= 0.6 is 15.9 Å². The van der Waals surface area contributed by atoms with Crippen molar-refractivity contribution in [3.63, 3.8) is 0 Å². The smallest absolute Gasteiger partial charge is 0.191 e. The van der Waals surface area contributed by atoms with E-state index in [1.54, 1.807) is 6.07 Å². The van der Waals surface area contributed by atoms with Crippen molar-refractivity contribution in [1.82, 2.24) is 10.6 Å². The Balaban J connectivity index is 1.85. The van der Waals surface area contributed by atoms with Gasteiger partial charge in [0, 0.05) is 24.1 Å². The fraction of sp³-hybridized carbons (Fsp3) is 0.417. The van der Waals surface area contributed by atoms with Crippen molar-refractivity contribution in [3.05, 3.63) is 34.1 Å². The van der Waals surface area contributed by atoms with Crippen LogP contribution in [0.1, 0.15) is 12.0 Å². The summed E-state index contributed by atoms with van der Waals surface area (Å²) in [5.41, 5.74) is 0.711. The van der Waals surface area contributed by atoms with E-state index in [1.165, 1.54) is 6.07 Å². The molecule has 0 saturated carbocycles. The van der Waals surface area contributed by atoms with Crippen LogP contribution in [0.25, 0.3) is 0 Å². The molecule has 3 nitrogen and oxygen atoms in total. The van der Waals surface area contributed by atoms with Crippen molar-refractivity contribution in [2.75, 3.05) is 19.6 Å². The van der Waals surface area contributed by atoms with Crippen molar-refractivity contribution in [3.8, 4) is 0 Å². The van der Waals surface area contributed by atoms with E-state index in [0.717, 1.165) is 29.9 Å². The molecule has 0 saturated heterocycles. The van der Waals surface area contributed by atoms with E-state index in [2.05, 4.69) is 31.6 Å². The van der Waals surface area contributed by atoms with Crippen molar-refractivity contribution < 1.29 is 4.39 Å². The topological polar surface area (TPSA) is 36.4 Å². The molecule has 0 radical (unpaired) electrons. The summed E-state index contributed by atoms with van der Waals surface area (Å²) in [7, 11) is 0. The average Bonchev–Trinajstić information content (AvgIpc) is 2.35. The zero-order valence-corrected chi connectivity index (χ0v) is 11.1. The van der Waals surface area contributed by atoms with Crippen LogP contribution in [0, 0.1) is 5.82 Å². The van der Waals surface area contributed by atoms with Gasteiger partial charge in [-0.05, 0) is 36.6 Å². The molecule has 1 aliphatic heterocycles. The number of nitrogens with zero attached hydrogens (tertiary/aromatic N) is 1. The predicted octanol–water partition coefficient (Wildman–Crippen LogP) is 2.07. The van der Waals surface area contributed by atoms with Crippen LogP contribution in [0.4, 0.5) is 4.39 Å². The summed E-state index contributed by atoms with van der Waals surface area (Å²) in [6, 6.07) is 5.00. The highest BCUT2D eigenvalue weighted by atomic mass is 79.9. The van der Waals surface area contributed by atoms with E-state index >= 15 is 0 Å². The Labute approximate surface area is 109 Å². The standard InChI is InChI=1S/C12H15BrFN3/c13-10-2-3-11(14)9(8-10)4-7-17-12-15-5-1-6-16-12/h2-3,8H,1,4-7H2,(H2,15,16,17). The van der Waals surface area contributed by atoms with Gasteiger partial charge in [-0.2, -0.15) is 0 Å². The molecule has 5 heteroatoms. The van der Waals surface area contributed by atoms with E-state index in [9.17, 15) is 4.39 Å². The monoisotopic (exact) mass is 299 g/mol. The SMILES string of the molecule is Fc1ccc(Br)cc1CCNC1=NCCCN1. The molecule has 0 aliphatic carbocycles. The highest BCUT2D eigenvalue weighted by molar-refractivity contribution is 9.10. The normalized spacial score (nSPS) is 15.1. The van der Waals surface area contributed by atoms with Gasteiger partial charge in [0.15, 0.2) is 5.96 Å². The molecule has 17 heavy (non-hydrogen) atoms. The number of halogens is 2. The largest absolute Gasteiger partial charge is 0.356 e. The summed E-state index contributed by atoms with van der Waals surface area (Å²) in [6.07, 6.45) is 1.72. The first-order valence-corrected chi connectivity index (χ1v) is 6.51. The number of aliphatic imine (C=N–C) groups is 1. The van der Waals surface area contributed by atoms with Crippen molar-refractivity contribution in [2.24, 2.45) is 4.99 Å². The molecular weight excluding hydrogens is 285 g/mol. The summed E-state index contributed by atoms with van der Waals surface area (Å²) < 4.78 is 14.3. The van der Waals surface area contributed by atoms with Crippen LogP contribution in [-0.4, -0.2) is 25.6 Å². The predicted molar refractivity (Wildman–Crippen MR) is 70.7 cm³/mol. The fourth-order valence-electron chi connectivity index (χ4n) is 1.70. The molecule has 0 atom stereocenters. The maximum atomic E-state index is 13.4. The first-order chi connectivity index (χ1) is 8.25. The Morgan fingerprint density at radius 2 is 2.35 bits per heavy atom. The maximum Gasteiger partial charge on any atom is 0.191 e. The summed E-state index contributed by atoms with van der Waals surface area (Å²) >= 11 is 3.34. The second-order valence-corrected chi connectivity index (χ2v) is 4.84. The summed E-state index contributed by atoms with van der Waals surface area (Å²) in [6.45, 7) is 2.50. The lowest BCUT2D eigenvalue weighted by Gasteiger charge is -2.16. The molecule has 1 aromatic rings. The second kappa shape index (κ2) is 6.00. The van der Waals surface area contributed by atoms with Gasteiger partial charge in [-0.25, -0.2) is 4.39 Å². The van der Waals surface area contributed by atoms with Gasteiger partial charge in [0.05, 0.1) is 0 Å². The third-order valence-corrected chi connectivity index (χ3v) is 3.09. The van der Waals surface area contributed by atoms with E-state index in [4.69, 9.17) is 0 Å². The van der Waals surface area contributed by atoms with E-state index in [1.807, 2.05) is 6.07 Å². The van der Waals surface area contributed by atoms with Crippen LogP contribution < -0.4 is 10.6 Å². The molecule has 0 spiro atoms. The van der Waals surface area contributed by atoms with Gasteiger partial charge in [0.2, 0.25) is 0 Å². The molecule has 0 fully saturated rings. The molecule has 0 amide bonds. The molecule has 0 unspecified atom stereocenters. The lowest BCUT2D eigenvalue weighted by atomic mass is 10.1. The number of rotatable bonds is 3. The molecular formula is C12H15BrFN3. The summed E-state index contributed by atoms with van der Waals surface area (Å²) in [5.74, 6) is 0.667. The highest BCUT2D eigenvalue weighted by Gasteiger charge is 2.05. The number of nitrogens with one attached hydrogen (secondary N) is 2. The fourth-order valence-corrected chi connectivity index (χ4v) is 2.11. The van der Waals surface area contributed by atoms with E-state index < -0.39 is 0 Å². The Hall–Kier alpha value is -1.10. The van der Waals surface area contributed by atoms with Crippen molar-refractivity contribution in [2.45, 2.75) is 12.8 Å². The number of hydrogen-bond acceptors (Lipinski definition) is 3. The average molecular weight is 300 g/mol. The van der Waals surface area contributed by atoms with Gasteiger partial charge in [-0.15, -0.1) is 0 Å². The third kappa shape index (κ3) is 3.70. The molecule has 0 aromatic heterocycles. The van der Waals surface area contributed by atoms with Crippen LogP contribution in [-0.2, 0) is 6.42 Å². The number of guanidine groups is 1. The molecule has 1 aliphatic rings. The zero-order valence-electron chi connectivity index (χ0n) is 9.47. The molecule has 1 aromatic carbocycles. The minimum absolute atomic E-state index is 0.159. The minimum Gasteiger partial charge on any atom is -0.356 e.